The first-order valence-corrected chi connectivity index (χ1v) is 15.7. The van der Waals surface area contributed by atoms with Crippen LogP contribution in [0.4, 0.5) is 5.82 Å². The van der Waals surface area contributed by atoms with Gasteiger partial charge >= 0.3 is 0 Å². The third-order valence-corrected chi connectivity index (χ3v) is 8.45. The summed E-state index contributed by atoms with van der Waals surface area (Å²) in [7, 11) is 5.36. The molecule has 45 heavy (non-hydrogen) atoms. The van der Waals surface area contributed by atoms with E-state index in [0.29, 0.717) is 31.7 Å². The molecule has 2 aromatic rings. The molecule has 13 heteroatoms. The first kappa shape index (κ1) is 34.2. The van der Waals surface area contributed by atoms with Gasteiger partial charge in [-0.3, -0.25) is 24.2 Å². The van der Waals surface area contributed by atoms with Crippen molar-refractivity contribution in [3.05, 3.63) is 48.3 Å². The minimum absolute atomic E-state index is 0.113. The van der Waals surface area contributed by atoms with Crippen LogP contribution in [0.25, 0.3) is 0 Å². The van der Waals surface area contributed by atoms with Crippen molar-refractivity contribution in [2.24, 2.45) is 11.8 Å². The van der Waals surface area contributed by atoms with E-state index >= 15 is 0 Å². The Balaban J connectivity index is 0.000000580. The van der Waals surface area contributed by atoms with Crippen LogP contribution >= 0.6 is 0 Å². The molecule has 3 aliphatic rings. The van der Waals surface area contributed by atoms with E-state index in [1.54, 1.807) is 12.1 Å². The lowest BCUT2D eigenvalue weighted by atomic mass is 9.92. The topological polar surface area (TPSA) is 130 Å². The summed E-state index contributed by atoms with van der Waals surface area (Å²) in [4.78, 5) is 55.5. The number of hydrazine groups is 1. The van der Waals surface area contributed by atoms with E-state index in [4.69, 9.17) is 14.3 Å². The van der Waals surface area contributed by atoms with E-state index in [2.05, 4.69) is 27.2 Å². The van der Waals surface area contributed by atoms with Crippen LogP contribution < -0.4 is 10.1 Å². The van der Waals surface area contributed by atoms with E-state index < -0.39 is 12.0 Å². The summed E-state index contributed by atoms with van der Waals surface area (Å²) in [6.07, 6.45) is 9.05. The van der Waals surface area contributed by atoms with Crippen LogP contribution in [0.15, 0.2) is 42.7 Å². The molecule has 0 radical (unpaired) electrons. The minimum atomic E-state index is -0.722. The molecule has 0 unspecified atom stereocenters. The fourth-order valence-corrected chi connectivity index (χ4v) is 5.92. The molecule has 5 rings (SSSR count). The van der Waals surface area contributed by atoms with Crippen LogP contribution in [0.2, 0.25) is 0 Å². The number of rotatable bonds is 12. The monoisotopic (exact) mass is 625 g/mol. The Labute approximate surface area is 265 Å². The Bertz CT molecular complexity index is 1210. The molecule has 2 atom stereocenters. The minimum Gasteiger partial charge on any atom is -0.478 e. The molecule has 1 aromatic carbocycles. The Morgan fingerprint density at radius 1 is 1.07 bits per heavy atom. The highest BCUT2D eigenvalue weighted by Crippen LogP contribution is 2.33. The van der Waals surface area contributed by atoms with E-state index in [1.165, 1.54) is 29.6 Å². The molecule has 3 heterocycles. The third-order valence-electron chi connectivity index (χ3n) is 8.45. The van der Waals surface area contributed by atoms with Gasteiger partial charge in [0.15, 0.2) is 5.82 Å². The Hall–Kier alpha value is -3.65. The van der Waals surface area contributed by atoms with Crippen LogP contribution in [0.5, 0.6) is 5.88 Å². The van der Waals surface area contributed by atoms with Crippen molar-refractivity contribution in [2.75, 3.05) is 65.9 Å². The lowest BCUT2D eigenvalue weighted by Gasteiger charge is -2.34. The van der Waals surface area contributed by atoms with Gasteiger partial charge in [0, 0.05) is 39.1 Å². The van der Waals surface area contributed by atoms with Crippen LogP contribution in [0.3, 0.4) is 0 Å². The Kier molecular flexibility index (Phi) is 13.5. The predicted molar refractivity (Wildman–Crippen MR) is 167 cm³/mol. The zero-order chi connectivity index (χ0) is 32.0. The molecular weight excluding hydrogens is 578 g/mol. The van der Waals surface area contributed by atoms with E-state index in [-0.39, 0.29) is 36.7 Å². The third kappa shape index (κ3) is 10.2. The highest BCUT2D eigenvalue weighted by molar-refractivity contribution is 5.97. The van der Waals surface area contributed by atoms with Gasteiger partial charge in [-0.2, -0.15) is 0 Å². The quantitative estimate of drug-likeness (QED) is 0.278. The lowest BCUT2D eigenvalue weighted by molar-refractivity contribution is -0.185. The van der Waals surface area contributed by atoms with Gasteiger partial charge < -0.3 is 19.7 Å². The molecule has 13 nitrogen and oxygen atoms in total. The molecule has 3 amide bonds. The number of methoxy groups -OCH3 is 1. The number of likely N-dealkylation sites (N-methyl/N-ethyl adjacent to an activating group) is 1. The van der Waals surface area contributed by atoms with Crippen molar-refractivity contribution < 1.29 is 28.7 Å². The first-order chi connectivity index (χ1) is 21.9. The zero-order valence-corrected chi connectivity index (χ0v) is 26.7. The number of hydroxylamine groups is 2. The maximum atomic E-state index is 14.0. The smallest absolute Gasteiger partial charge is 0.257 e. The molecule has 1 aromatic heterocycles. The zero-order valence-electron chi connectivity index (χ0n) is 26.7. The summed E-state index contributed by atoms with van der Waals surface area (Å²) in [6.45, 7) is 4.90. The standard InChI is InChI=1S/C27H36N6O5.C5H11NO/c1-31-15-12-23(25(35)30-24-26(37-2)29-14-13-28-24)33(31)27(36)22(16-20-8-6-7-9-20)17-32(19-34)38-18-21-10-4-3-5-11-21;1-6-2-4-7-5-3-6/h3-5,10-11,13-14,19-20,22-23H,6-9,12,15-18H2,1-2H3,(H,28,30,35);2-5H2,1H3/t22-,23+;/m1./s1. The molecule has 0 spiro atoms. The van der Waals surface area contributed by atoms with E-state index in [0.717, 1.165) is 57.6 Å². The second-order valence-corrected chi connectivity index (χ2v) is 11.7. The van der Waals surface area contributed by atoms with Gasteiger partial charge in [0.1, 0.15) is 12.6 Å². The number of carbonyl (C=O) groups is 3. The first-order valence-electron chi connectivity index (χ1n) is 15.7. The maximum Gasteiger partial charge on any atom is 0.257 e. The molecule has 3 fully saturated rings. The van der Waals surface area contributed by atoms with Gasteiger partial charge in [-0.1, -0.05) is 56.0 Å². The Morgan fingerprint density at radius 2 is 1.78 bits per heavy atom. The number of hydrogen-bond donors (Lipinski definition) is 1. The van der Waals surface area contributed by atoms with Gasteiger partial charge in [0.05, 0.1) is 32.8 Å². The number of nitrogens with zero attached hydrogens (tertiary/aromatic N) is 6. The van der Waals surface area contributed by atoms with Gasteiger partial charge in [-0.15, -0.1) is 0 Å². The molecule has 246 valence electrons. The van der Waals surface area contributed by atoms with Gasteiger partial charge in [-0.25, -0.2) is 20.0 Å². The molecule has 1 N–H and O–H groups in total. The number of nitrogens with one attached hydrogen (secondary N) is 1. The van der Waals surface area contributed by atoms with Gasteiger partial charge in [-0.05, 0) is 31.4 Å². The van der Waals surface area contributed by atoms with Crippen molar-refractivity contribution in [3.63, 3.8) is 0 Å². The largest absolute Gasteiger partial charge is 0.478 e. The second-order valence-electron chi connectivity index (χ2n) is 11.7. The SMILES string of the molecule is CN1CCOCC1.COc1nccnc1NC(=O)[C@@H]1CCN(C)N1C(=O)[C@H](CC1CCCC1)CN(C=O)OCc1ccccc1. The van der Waals surface area contributed by atoms with Crippen molar-refractivity contribution >= 4 is 24.0 Å². The molecule has 0 bridgehead atoms. The fourth-order valence-electron chi connectivity index (χ4n) is 5.92. The average Bonchev–Trinajstić information content (AvgIpc) is 3.73. The number of hydrogen-bond acceptors (Lipinski definition) is 10. The highest BCUT2D eigenvalue weighted by Gasteiger charge is 2.42. The normalized spacial score (nSPS) is 19.8. The van der Waals surface area contributed by atoms with E-state index in [9.17, 15) is 14.4 Å². The van der Waals surface area contributed by atoms with Crippen molar-refractivity contribution in [2.45, 2.75) is 51.2 Å². The van der Waals surface area contributed by atoms with Gasteiger partial charge in [0.2, 0.25) is 18.2 Å². The van der Waals surface area contributed by atoms with Crippen molar-refractivity contribution in [1.82, 2.24) is 29.9 Å². The summed E-state index contributed by atoms with van der Waals surface area (Å²) in [5, 5.41) is 7.27. The number of aromatic nitrogens is 2. The van der Waals surface area contributed by atoms with Crippen LogP contribution in [0, 0.1) is 11.8 Å². The van der Waals surface area contributed by atoms with Crippen molar-refractivity contribution in [1.29, 1.82) is 0 Å². The number of carbonyl (C=O) groups excluding carboxylic acids is 3. The lowest BCUT2D eigenvalue weighted by Crippen LogP contribution is -2.52. The summed E-state index contributed by atoms with van der Waals surface area (Å²) >= 11 is 0. The molecular formula is C32H47N7O6. The molecule has 1 aliphatic carbocycles. The number of amides is 3. The second kappa shape index (κ2) is 17.7. The molecule has 2 aliphatic heterocycles. The average molecular weight is 626 g/mol. The number of anilines is 1. The van der Waals surface area contributed by atoms with Crippen LogP contribution in [-0.2, 0) is 30.6 Å². The summed E-state index contributed by atoms with van der Waals surface area (Å²) in [5.74, 6) is -0.282. The van der Waals surface area contributed by atoms with Crippen LogP contribution in [0.1, 0.15) is 44.1 Å². The summed E-state index contributed by atoms with van der Waals surface area (Å²) in [6, 6.07) is 8.83. The molecule has 2 saturated heterocycles. The summed E-state index contributed by atoms with van der Waals surface area (Å²) in [5.41, 5.74) is 0.925. The number of ether oxygens (including phenoxy) is 2. The maximum absolute atomic E-state index is 14.0. The summed E-state index contributed by atoms with van der Waals surface area (Å²) < 4.78 is 10.3. The van der Waals surface area contributed by atoms with E-state index in [1.807, 2.05) is 30.3 Å². The van der Waals surface area contributed by atoms with Crippen LogP contribution in [-0.4, -0.2) is 115 Å². The Morgan fingerprint density at radius 3 is 2.42 bits per heavy atom. The predicted octanol–water partition coefficient (Wildman–Crippen LogP) is 2.61. The van der Waals surface area contributed by atoms with Crippen molar-refractivity contribution in [3.8, 4) is 5.88 Å². The highest BCUT2D eigenvalue weighted by atomic mass is 16.7. The number of benzene rings is 1. The van der Waals surface area contributed by atoms with Gasteiger partial charge in [0.25, 0.3) is 5.88 Å². The number of morpholine rings is 1. The molecule has 1 saturated carbocycles. The fraction of sp³-hybridized carbons (Fsp3) is 0.594.